The lowest BCUT2D eigenvalue weighted by Gasteiger charge is -2.25. The monoisotopic (exact) mass is 295 g/mol. The molecule has 0 spiro atoms. The van der Waals surface area contributed by atoms with Crippen LogP contribution in [0, 0.1) is 0 Å². The largest absolute Gasteiger partial charge is 0.369 e. The zero-order valence-corrected chi connectivity index (χ0v) is 12.0. The minimum Gasteiger partial charge on any atom is -0.369 e. The Labute approximate surface area is 122 Å². The van der Waals surface area contributed by atoms with Crippen LogP contribution in [0.25, 0.3) is 10.8 Å². The molecule has 0 bridgehead atoms. The number of anilines is 1. The van der Waals surface area contributed by atoms with Gasteiger partial charge in [0, 0.05) is 36.1 Å². The van der Waals surface area contributed by atoms with E-state index in [0.717, 1.165) is 22.7 Å². The second-order valence-electron chi connectivity index (χ2n) is 4.20. The maximum atomic E-state index is 11.5. The van der Waals surface area contributed by atoms with Crippen LogP contribution in [-0.2, 0) is 0 Å². The van der Waals surface area contributed by atoms with Crippen LogP contribution in [0.4, 0.5) is 5.69 Å². The van der Waals surface area contributed by atoms with Crippen molar-refractivity contribution in [3.8, 4) is 0 Å². The first-order chi connectivity index (χ1) is 9.31. The van der Waals surface area contributed by atoms with Crippen molar-refractivity contribution in [3.05, 3.63) is 42.0 Å². The van der Waals surface area contributed by atoms with Gasteiger partial charge in [0.1, 0.15) is 0 Å². The van der Waals surface area contributed by atoms with E-state index in [9.17, 15) is 4.79 Å². The van der Waals surface area contributed by atoms with Crippen molar-refractivity contribution < 1.29 is 4.79 Å². The van der Waals surface area contributed by atoms with Gasteiger partial charge in [-0.1, -0.05) is 30.3 Å². The number of carbonyl (C=O) groups excluding carboxylic acids is 1. The molecule has 0 aliphatic heterocycles. The van der Waals surface area contributed by atoms with Gasteiger partial charge in [-0.15, -0.1) is 23.2 Å². The molecule has 0 unspecified atom stereocenters. The molecule has 4 heteroatoms. The Hall–Kier alpha value is -1.25. The van der Waals surface area contributed by atoms with Gasteiger partial charge < -0.3 is 4.90 Å². The average molecular weight is 296 g/mol. The lowest BCUT2D eigenvalue weighted by atomic mass is 10.0. The fourth-order valence-corrected chi connectivity index (χ4v) is 2.65. The van der Waals surface area contributed by atoms with Crippen molar-refractivity contribution in [2.24, 2.45) is 0 Å². The molecule has 0 aromatic heterocycles. The van der Waals surface area contributed by atoms with E-state index in [1.54, 1.807) is 0 Å². The maximum absolute atomic E-state index is 11.5. The van der Waals surface area contributed by atoms with Crippen LogP contribution >= 0.6 is 23.2 Å². The summed E-state index contributed by atoms with van der Waals surface area (Å²) in [5, 5.41) is 2.02. The molecule has 2 aromatic rings. The van der Waals surface area contributed by atoms with Crippen LogP contribution in [0.2, 0.25) is 0 Å². The van der Waals surface area contributed by atoms with Crippen LogP contribution in [0.5, 0.6) is 0 Å². The van der Waals surface area contributed by atoms with E-state index in [1.165, 1.54) is 0 Å². The third-order valence-electron chi connectivity index (χ3n) is 3.12. The summed E-state index contributed by atoms with van der Waals surface area (Å²) in [5.74, 6) is 1.00. The van der Waals surface area contributed by atoms with E-state index < -0.39 is 0 Å². The fourth-order valence-electron chi connectivity index (χ4n) is 2.24. The maximum Gasteiger partial charge on any atom is 0.152 e. The minimum absolute atomic E-state index is 0.502. The number of halogens is 2. The van der Waals surface area contributed by atoms with Crippen molar-refractivity contribution in [3.63, 3.8) is 0 Å². The Morgan fingerprint density at radius 3 is 2.32 bits per heavy atom. The molecule has 100 valence electrons. The molecule has 0 saturated carbocycles. The van der Waals surface area contributed by atoms with Crippen molar-refractivity contribution in [1.82, 2.24) is 0 Å². The highest BCUT2D eigenvalue weighted by molar-refractivity contribution is 6.18. The number of fused-ring (bicyclic) bond motifs is 1. The lowest BCUT2D eigenvalue weighted by Crippen LogP contribution is -2.28. The minimum atomic E-state index is 0.502. The quantitative estimate of drug-likeness (QED) is 0.594. The highest BCUT2D eigenvalue weighted by Crippen LogP contribution is 2.27. The standard InChI is InChI=1S/C15H15Cl2NO/c16-7-9-18(10-8-17)15-6-5-12-3-1-2-4-13(12)14(15)11-19/h1-6,11H,7-10H2. The lowest BCUT2D eigenvalue weighted by molar-refractivity contribution is 0.112. The van der Waals surface area contributed by atoms with E-state index >= 15 is 0 Å². The van der Waals surface area contributed by atoms with E-state index in [0.29, 0.717) is 30.4 Å². The van der Waals surface area contributed by atoms with Crippen LogP contribution < -0.4 is 4.90 Å². The van der Waals surface area contributed by atoms with Gasteiger partial charge in [0.25, 0.3) is 0 Å². The highest BCUT2D eigenvalue weighted by atomic mass is 35.5. The first-order valence-electron chi connectivity index (χ1n) is 6.15. The van der Waals surface area contributed by atoms with Crippen LogP contribution in [-0.4, -0.2) is 31.1 Å². The molecular formula is C15H15Cl2NO. The van der Waals surface area contributed by atoms with Crippen LogP contribution in [0.1, 0.15) is 10.4 Å². The van der Waals surface area contributed by atoms with Crippen LogP contribution in [0.3, 0.4) is 0 Å². The van der Waals surface area contributed by atoms with Gasteiger partial charge in [-0.2, -0.15) is 0 Å². The normalized spacial score (nSPS) is 10.6. The van der Waals surface area contributed by atoms with Crippen molar-refractivity contribution in [1.29, 1.82) is 0 Å². The Morgan fingerprint density at radius 2 is 1.68 bits per heavy atom. The zero-order valence-electron chi connectivity index (χ0n) is 10.5. The molecule has 0 amide bonds. The van der Waals surface area contributed by atoms with Gasteiger partial charge in [0.2, 0.25) is 0 Å². The number of aldehydes is 1. The zero-order chi connectivity index (χ0) is 13.7. The molecule has 2 aromatic carbocycles. The molecule has 0 heterocycles. The molecule has 0 N–H and O–H groups in total. The Bertz CT molecular complexity index is 565. The molecule has 19 heavy (non-hydrogen) atoms. The van der Waals surface area contributed by atoms with Gasteiger partial charge in [0.05, 0.1) is 0 Å². The van der Waals surface area contributed by atoms with Crippen LogP contribution in [0.15, 0.2) is 36.4 Å². The number of carbonyl (C=O) groups is 1. The fraction of sp³-hybridized carbons (Fsp3) is 0.267. The van der Waals surface area contributed by atoms with E-state index in [2.05, 4.69) is 4.90 Å². The summed E-state index contributed by atoms with van der Waals surface area (Å²) in [4.78, 5) is 13.5. The predicted molar refractivity (Wildman–Crippen MR) is 83.0 cm³/mol. The number of hydrogen-bond acceptors (Lipinski definition) is 2. The van der Waals surface area contributed by atoms with Gasteiger partial charge in [-0.25, -0.2) is 0 Å². The van der Waals surface area contributed by atoms with Gasteiger partial charge >= 0.3 is 0 Å². The smallest absolute Gasteiger partial charge is 0.152 e. The number of hydrogen-bond donors (Lipinski definition) is 0. The van der Waals surface area contributed by atoms with Gasteiger partial charge in [-0.05, 0) is 16.8 Å². The van der Waals surface area contributed by atoms with Gasteiger partial charge in [0.15, 0.2) is 6.29 Å². The molecule has 2 rings (SSSR count). The summed E-state index contributed by atoms with van der Waals surface area (Å²) in [6.07, 6.45) is 0.910. The Morgan fingerprint density at radius 1 is 1.00 bits per heavy atom. The topological polar surface area (TPSA) is 20.3 Å². The number of alkyl halides is 2. The molecule has 2 nitrogen and oxygen atoms in total. The summed E-state index contributed by atoms with van der Waals surface area (Å²) in [7, 11) is 0. The van der Waals surface area contributed by atoms with Crippen molar-refractivity contribution in [2.75, 3.05) is 29.7 Å². The summed E-state index contributed by atoms with van der Waals surface area (Å²) < 4.78 is 0. The predicted octanol–water partition coefficient (Wildman–Crippen LogP) is 3.94. The number of nitrogens with zero attached hydrogens (tertiary/aromatic N) is 1. The molecule has 0 radical (unpaired) electrons. The number of rotatable bonds is 6. The molecule has 0 aliphatic rings. The van der Waals surface area contributed by atoms with E-state index in [-0.39, 0.29) is 0 Å². The molecule has 0 saturated heterocycles. The van der Waals surface area contributed by atoms with E-state index in [1.807, 2.05) is 36.4 Å². The third-order valence-corrected chi connectivity index (χ3v) is 3.45. The van der Waals surface area contributed by atoms with Crippen molar-refractivity contribution in [2.45, 2.75) is 0 Å². The molecular weight excluding hydrogens is 281 g/mol. The van der Waals surface area contributed by atoms with Gasteiger partial charge in [-0.3, -0.25) is 4.79 Å². The summed E-state index contributed by atoms with van der Waals surface area (Å²) in [6.45, 7) is 1.35. The second-order valence-corrected chi connectivity index (χ2v) is 4.96. The Balaban J connectivity index is 2.55. The van der Waals surface area contributed by atoms with Crippen molar-refractivity contribution >= 4 is 45.9 Å². The molecule has 0 atom stereocenters. The first kappa shape index (κ1) is 14.2. The SMILES string of the molecule is O=Cc1c(N(CCCl)CCCl)ccc2ccccc12. The van der Waals surface area contributed by atoms with E-state index in [4.69, 9.17) is 23.2 Å². The molecule has 0 fully saturated rings. The second kappa shape index (κ2) is 6.78. The average Bonchev–Trinajstić information content (AvgIpc) is 2.46. The highest BCUT2D eigenvalue weighted by Gasteiger charge is 2.12. The third kappa shape index (κ3) is 3.02. The summed E-state index contributed by atoms with van der Waals surface area (Å²) in [6, 6.07) is 11.8. The Kier molecular flexibility index (Phi) is 5.06. The summed E-state index contributed by atoms with van der Waals surface area (Å²) >= 11 is 11.6. The number of benzene rings is 2. The molecule has 0 aliphatic carbocycles. The first-order valence-corrected chi connectivity index (χ1v) is 7.22. The summed E-state index contributed by atoms with van der Waals surface area (Å²) in [5.41, 5.74) is 1.60.